The molecule has 0 saturated heterocycles. The monoisotopic (exact) mass is 289 g/mol. The van der Waals surface area contributed by atoms with Gasteiger partial charge in [0.15, 0.2) is 0 Å². The van der Waals surface area contributed by atoms with Crippen LogP contribution in [0.2, 0.25) is 0 Å². The summed E-state index contributed by atoms with van der Waals surface area (Å²) in [5.41, 5.74) is 0.130. The highest BCUT2D eigenvalue weighted by molar-refractivity contribution is 6.10. The molecule has 110 valence electrons. The van der Waals surface area contributed by atoms with Crippen molar-refractivity contribution in [3.63, 3.8) is 0 Å². The second kappa shape index (κ2) is 4.47. The van der Waals surface area contributed by atoms with Crippen molar-refractivity contribution in [1.29, 1.82) is 0 Å². The molecule has 1 aliphatic carbocycles. The van der Waals surface area contributed by atoms with E-state index in [2.05, 4.69) is 10.3 Å². The third-order valence-electron chi connectivity index (χ3n) is 3.91. The molecule has 7 nitrogen and oxygen atoms in total. The van der Waals surface area contributed by atoms with Crippen LogP contribution in [-0.4, -0.2) is 33.6 Å². The summed E-state index contributed by atoms with van der Waals surface area (Å²) in [5.74, 6) is -0.696. The molecule has 0 atom stereocenters. The van der Waals surface area contributed by atoms with Gasteiger partial charge in [-0.25, -0.2) is 4.98 Å². The van der Waals surface area contributed by atoms with E-state index in [1.807, 2.05) is 12.1 Å². The highest BCUT2D eigenvalue weighted by Gasteiger charge is 2.57. The Hall–Kier alpha value is -2.57. The number of rotatable bonds is 4. The molecule has 0 unspecified atom stereocenters. The number of nitrogens with one attached hydrogen (secondary N) is 1. The van der Waals surface area contributed by atoms with Crippen molar-refractivity contribution in [3.8, 4) is 5.75 Å². The fourth-order valence-corrected chi connectivity index (χ4v) is 2.35. The van der Waals surface area contributed by atoms with Gasteiger partial charge < -0.3 is 14.4 Å². The fourth-order valence-electron chi connectivity index (χ4n) is 2.35. The number of carboxylic acids is 1. The number of aliphatic carboxylic acids is 1. The standard InChI is InChI=1S/C14H15N3O4/c1-17-8-4-3-5-9(21-2)10(8)15-13(17)16-11(18)14(6-7-14)12(19)20/h3-5H,6-7H2,1-2H3,(H,19,20)(H,15,16,18). The summed E-state index contributed by atoms with van der Waals surface area (Å²) in [5, 5.41) is 11.7. The second-order valence-corrected chi connectivity index (χ2v) is 5.16. The van der Waals surface area contributed by atoms with E-state index in [-0.39, 0.29) is 0 Å². The largest absolute Gasteiger partial charge is 0.494 e. The third-order valence-corrected chi connectivity index (χ3v) is 3.91. The van der Waals surface area contributed by atoms with E-state index < -0.39 is 17.3 Å². The van der Waals surface area contributed by atoms with Crippen molar-refractivity contribution < 1.29 is 19.4 Å². The molecule has 1 aromatic carbocycles. The van der Waals surface area contributed by atoms with Crippen LogP contribution in [0.25, 0.3) is 11.0 Å². The van der Waals surface area contributed by atoms with Gasteiger partial charge in [0.05, 0.1) is 12.6 Å². The number of hydrogen-bond acceptors (Lipinski definition) is 4. The number of carbonyl (C=O) groups is 2. The van der Waals surface area contributed by atoms with Crippen molar-refractivity contribution >= 4 is 28.9 Å². The van der Waals surface area contributed by atoms with Gasteiger partial charge in [0.1, 0.15) is 16.7 Å². The molecule has 2 aromatic rings. The highest BCUT2D eigenvalue weighted by atomic mass is 16.5. The van der Waals surface area contributed by atoms with Crippen LogP contribution in [0, 0.1) is 5.41 Å². The molecule has 1 heterocycles. The third kappa shape index (κ3) is 1.93. The van der Waals surface area contributed by atoms with E-state index in [9.17, 15) is 9.59 Å². The van der Waals surface area contributed by atoms with Gasteiger partial charge in [-0.2, -0.15) is 0 Å². The number of hydrogen-bond donors (Lipinski definition) is 2. The molecule has 3 rings (SSSR count). The van der Waals surface area contributed by atoms with Gasteiger partial charge in [0.2, 0.25) is 11.9 Å². The predicted molar refractivity (Wildman–Crippen MR) is 75.2 cm³/mol. The zero-order valence-electron chi connectivity index (χ0n) is 11.7. The average Bonchev–Trinajstić information content (AvgIpc) is 3.22. The molecule has 1 aliphatic rings. The molecule has 0 aliphatic heterocycles. The maximum atomic E-state index is 12.1. The molecule has 1 saturated carbocycles. The first-order valence-electron chi connectivity index (χ1n) is 6.54. The summed E-state index contributed by atoms with van der Waals surface area (Å²) >= 11 is 0. The van der Waals surface area contributed by atoms with Gasteiger partial charge in [-0.05, 0) is 25.0 Å². The van der Waals surface area contributed by atoms with E-state index in [0.717, 1.165) is 5.52 Å². The van der Waals surface area contributed by atoms with Gasteiger partial charge in [-0.3, -0.25) is 14.9 Å². The Labute approximate surface area is 120 Å². The zero-order valence-corrected chi connectivity index (χ0v) is 11.7. The first-order valence-corrected chi connectivity index (χ1v) is 6.54. The summed E-state index contributed by atoms with van der Waals surface area (Å²) < 4.78 is 6.94. The molecule has 0 spiro atoms. The number of benzene rings is 1. The number of para-hydroxylation sites is 1. The minimum absolute atomic E-state index is 0.312. The predicted octanol–water partition coefficient (Wildman–Crippen LogP) is 1.39. The van der Waals surface area contributed by atoms with Crippen molar-refractivity contribution in [3.05, 3.63) is 18.2 Å². The minimum atomic E-state index is -1.29. The Balaban J connectivity index is 1.97. The number of imidazole rings is 1. The molecule has 2 N–H and O–H groups in total. The number of amides is 1. The van der Waals surface area contributed by atoms with Crippen LogP contribution in [0.4, 0.5) is 5.95 Å². The number of ether oxygens (including phenoxy) is 1. The SMILES string of the molecule is COc1cccc2c1nc(NC(=O)C1(C(=O)O)CC1)n2C. The quantitative estimate of drug-likeness (QED) is 0.829. The van der Waals surface area contributed by atoms with Crippen LogP contribution >= 0.6 is 0 Å². The van der Waals surface area contributed by atoms with E-state index in [4.69, 9.17) is 9.84 Å². The van der Waals surface area contributed by atoms with Crippen molar-refractivity contribution in [2.45, 2.75) is 12.8 Å². The van der Waals surface area contributed by atoms with Gasteiger partial charge in [0.25, 0.3) is 0 Å². The van der Waals surface area contributed by atoms with Gasteiger partial charge in [-0.1, -0.05) is 6.07 Å². The average molecular weight is 289 g/mol. The number of fused-ring (bicyclic) bond motifs is 1. The molecule has 0 bridgehead atoms. The van der Waals surface area contributed by atoms with Gasteiger partial charge >= 0.3 is 5.97 Å². The molecule has 7 heteroatoms. The Kier molecular flexibility index (Phi) is 2.86. The van der Waals surface area contributed by atoms with Crippen molar-refractivity contribution in [2.75, 3.05) is 12.4 Å². The zero-order chi connectivity index (χ0) is 15.2. The molecule has 21 heavy (non-hydrogen) atoms. The first kappa shape index (κ1) is 13.4. The van der Waals surface area contributed by atoms with Crippen LogP contribution < -0.4 is 10.1 Å². The van der Waals surface area contributed by atoms with Crippen LogP contribution in [-0.2, 0) is 16.6 Å². The number of carboxylic acid groups (broad SMARTS) is 1. The van der Waals surface area contributed by atoms with Crippen LogP contribution in [0.3, 0.4) is 0 Å². The maximum Gasteiger partial charge on any atom is 0.319 e. The maximum absolute atomic E-state index is 12.1. The smallest absolute Gasteiger partial charge is 0.319 e. The first-order chi connectivity index (χ1) is 9.99. The number of aromatic nitrogens is 2. The van der Waals surface area contributed by atoms with Crippen LogP contribution in [0.5, 0.6) is 5.75 Å². The van der Waals surface area contributed by atoms with Gasteiger partial charge in [-0.15, -0.1) is 0 Å². The fraction of sp³-hybridized carbons (Fsp3) is 0.357. The van der Waals surface area contributed by atoms with Crippen LogP contribution in [0.15, 0.2) is 18.2 Å². The molecule has 1 aromatic heterocycles. The van der Waals surface area contributed by atoms with Crippen molar-refractivity contribution in [1.82, 2.24) is 9.55 Å². The Morgan fingerprint density at radius 3 is 2.71 bits per heavy atom. The van der Waals surface area contributed by atoms with Crippen molar-refractivity contribution in [2.24, 2.45) is 12.5 Å². The van der Waals surface area contributed by atoms with Crippen LogP contribution in [0.1, 0.15) is 12.8 Å². The van der Waals surface area contributed by atoms with E-state index in [1.54, 1.807) is 24.8 Å². The lowest BCUT2D eigenvalue weighted by Gasteiger charge is -2.10. The summed E-state index contributed by atoms with van der Waals surface area (Å²) in [4.78, 5) is 27.6. The topological polar surface area (TPSA) is 93.4 Å². The number of nitrogens with zero attached hydrogens (tertiary/aromatic N) is 2. The lowest BCUT2D eigenvalue weighted by molar-refractivity contribution is -0.147. The summed E-state index contributed by atoms with van der Waals surface area (Å²) in [6.07, 6.45) is 0.725. The minimum Gasteiger partial charge on any atom is -0.494 e. The van der Waals surface area contributed by atoms with E-state index in [1.165, 1.54) is 0 Å². The number of methoxy groups -OCH3 is 1. The summed E-state index contributed by atoms with van der Waals surface area (Å²) in [6, 6.07) is 5.46. The molecule has 1 fully saturated rings. The lowest BCUT2D eigenvalue weighted by atomic mass is 10.1. The lowest BCUT2D eigenvalue weighted by Crippen LogP contribution is -2.32. The Bertz CT molecular complexity index is 746. The summed E-state index contributed by atoms with van der Waals surface area (Å²) in [7, 11) is 3.30. The van der Waals surface area contributed by atoms with E-state index in [0.29, 0.717) is 30.1 Å². The van der Waals surface area contributed by atoms with E-state index >= 15 is 0 Å². The van der Waals surface area contributed by atoms with Gasteiger partial charge in [0, 0.05) is 7.05 Å². The Morgan fingerprint density at radius 2 is 2.14 bits per heavy atom. The molecule has 1 amide bonds. The normalized spacial score (nSPS) is 15.7. The number of aryl methyl sites for hydroxylation is 1. The number of carbonyl (C=O) groups excluding carboxylic acids is 1. The summed E-state index contributed by atoms with van der Waals surface area (Å²) in [6.45, 7) is 0. The molecular weight excluding hydrogens is 274 g/mol. The second-order valence-electron chi connectivity index (χ2n) is 5.16. The highest BCUT2D eigenvalue weighted by Crippen LogP contribution is 2.46. The molecule has 0 radical (unpaired) electrons. The Morgan fingerprint density at radius 1 is 1.43 bits per heavy atom. The number of anilines is 1. The molecular formula is C14H15N3O4.